The zero-order valence-electron chi connectivity index (χ0n) is 26.5. The maximum absolute atomic E-state index is 12.9. The highest BCUT2D eigenvalue weighted by Crippen LogP contribution is 2.47. The average Bonchev–Trinajstić information content (AvgIpc) is 3.32. The molecule has 0 N–H and O–H groups in total. The number of rotatable bonds is 6. The molecule has 2 aliphatic heterocycles. The molecule has 5 heteroatoms. The summed E-state index contributed by atoms with van der Waals surface area (Å²) in [5.74, 6) is 0.166. The minimum Gasteiger partial charge on any atom is -0.435 e. The summed E-state index contributed by atoms with van der Waals surface area (Å²) >= 11 is 0. The number of benzene rings is 3. The third-order valence-corrected chi connectivity index (χ3v) is 9.67. The Hall–Kier alpha value is -4.25. The molecule has 3 nitrogen and oxygen atoms in total. The van der Waals surface area contributed by atoms with E-state index in [1.165, 1.54) is 50.6 Å². The van der Waals surface area contributed by atoms with Gasteiger partial charge in [-0.25, -0.2) is 0 Å². The van der Waals surface area contributed by atoms with Crippen LogP contribution in [0.5, 0.6) is 5.75 Å². The molecular formula is C39H41F2N2O+. The minimum atomic E-state index is -2.85. The zero-order chi connectivity index (χ0) is 31.2. The van der Waals surface area contributed by atoms with E-state index in [1.807, 2.05) is 12.1 Å². The smallest absolute Gasteiger partial charge is 0.387 e. The van der Waals surface area contributed by atoms with Crippen molar-refractivity contribution in [2.75, 3.05) is 19.0 Å². The number of allylic oxidation sites excluding steroid dienone is 8. The van der Waals surface area contributed by atoms with Crippen molar-refractivity contribution in [2.45, 2.75) is 64.4 Å². The van der Waals surface area contributed by atoms with Gasteiger partial charge in [-0.3, -0.25) is 0 Å². The second kappa shape index (κ2) is 11.4. The molecule has 0 saturated heterocycles. The van der Waals surface area contributed by atoms with Crippen LogP contribution in [0.15, 0.2) is 114 Å². The first kappa shape index (κ1) is 29.8. The van der Waals surface area contributed by atoms with E-state index in [-0.39, 0.29) is 16.6 Å². The van der Waals surface area contributed by atoms with Gasteiger partial charge < -0.3 is 9.64 Å². The molecule has 6 rings (SSSR count). The lowest BCUT2D eigenvalue weighted by Crippen LogP contribution is -2.26. The molecule has 2 heterocycles. The van der Waals surface area contributed by atoms with Crippen molar-refractivity contribution in [1.29, 1.82) is 0 Å². The largest absolute Gasteiger partial charge is 0.435 e. The topological polar surface area (TPSA) is 15.5 Å². The third-order valence-electron chi connectivity index (χ3n) is 9.67. The molecule has 0 atom stereocenters. The molecule has 0 radical (unpaired) electrons. The lowest BCUT2D eigenvalue weighted by molar-refractivity contribution is -0.401. The Morgan fingerprint density at radius 2 is 1.50 bits per heavy atom. The third kappa shape index (κ3) is 5.12. The standard InChI is InChI=1S/C39H41F2N2O/c1-38(2)30-14-7-9-16-32(30)42(5)34(38)24-20-26-12-11-13-27(36(26)28-18-22-29(23-19-28)44-37(40)41)21-25-35-39(3,4)31-15-8-10-17-33(31)43(35)6/h7-10,14-25,37H,11-13H2,1-6H3/q+1. The summed E-state index contributed by atoms with van der Waals surface area (Å²) in [7, 11) is 4.28. The van der Waals surface area contributed by atoms with Gasteiger partial charge in [0.25, 0.3) is 0 Å². The molecule has 0 aromatic heterocycles. The average molecular weight is 592 g/mol. The van der Waals surface area contributed by atoms with E-state index < -0.39 is 6.61 Å². The van der Waals surface area contributed by atoms with Crippen LogP contribution in [0, 0.1) is 0 Å². The van der Waals surface area contributed by atoms with Crippen LogP contribution in [0.2, 0.25) is 0 Å². The Kier molecular flexibility index (Phi) is 7.69. The fraction of sp³-hybridized carbons (Fsp3) is 0.308. The van der Waals surface area contributed by atoms with Crippen molar-refractivity contribution >= 4 is 22.7 Å². The van der Waals surface area contributed by atoms with Crippen LogP contribution >= 0.6 is 0 Å². The van der Waals surface area contributed by atoms with Crippen molar-refractivity contribution in [1.82, 2.24) is 0 Å². The van der Waals surface area contributed by atoms with Crippen LogP contribution < -0.4 is 9.64 Å². The number of hydrogen-bond acceptors (Lipinski definition) is 2. The van der Waals surface area contributed by atoms with Crippen LogP contribution in [0.1, 0.15) is 63.6 Å². The number of halogens is 2. The van der Waals surface area contributed by atoms with Crippen LogP contribution in [0.25, 0.3) is 5.57 Å². The monoisotopic (exact) mass is 591 g/mol. The minimum absolute atomic E-state index is 0.123. The van der Waals surface area contributed by atoms with E-state index in [2.05, 4.69) is 129 Å². The maximum atomic E-state index is 12.9. The fourth-order valence-electron chi connectivity index (χ4n) is 7.40. The highest BCUT2D eigenvalue weighted by atomic mass is 19.3. The molecule has 3 aromatic carbocycles. The molecule has 0 spiro atoms. The second-order valence-electron chi connectivity index (χ2n) is 13.0. The van der Waals surface area contributed by atoms with Gasteiger partial charge in [0.1, 0.15) is 12.8 Å². The van der Waals surface area contributed by atoms with Crippen LogP contribution in [-0.4, -0.2) is 31.0 Å². The van der Waals surface area contributed by atoms with Gasteiger partial charge in [0.2, 0.25) is 5.69 Å². The highest BCUT2D eigenvalue weighted by molar-refractivity contribution is 6.03. The second-order valence-corrected chi connectivity index (χ2v) is 13.0. The van der Waals surface area contributed by atoms with Crippen LogP contribution in [0.4, 0.5) is 20.2 Å². The van der Waals surface area contributed by atoms with Gasteiger partial charge in [0.05, 0.1) is 5.41 Å². The van der Waals surface area contributed by atoms with Gasteiger partial charge in [0.15, 0.2) is 5.71 Å². The predicted octanol–water partition coefficient (Wildman–Crippen LogP) is 9.73. The first-order valence-electron chi connectivity index (χ1n) is 15.4. The first-order valence-corrected chi connectivity index (χ1v) is 15.4. The van der Waals surface area contributed by atoms with E-state index >= 15 is 0 Å². The van der Waals surface area contributed by atoms with Crippen molar-refractivity contribution in [3.8, 4) is 5.75 Å². The van der Waals surface area contributed by atoms with Crippen molar-refractivity contribution < 1.29 is 18.1 Å². The lowest BCUT2D eigenvalue weighted by Gasteiger charge is -2.25. The zero-order valence-corrected chi connectivity index (χ0v) is 26.5. The van der Waals surface area contributed by atoms with E-state index in [1.54, 1.807) is 12.1 Å². The summed E-state index contributed by atoms with van der Waals surface area (Å²) in [4.78, 5) is 2.29. The van der Waals surface area contributed by atoms with E-state index in [9.17, 15) is 8.78 Å². The van der Waals surface area contributed by atoms with Crippen molar-refractivity contribution in [3.63, 3.8) is 0 Å². The summed E-state index contributed by atoms with van der Waals surface area (Å²) in [6.45, 7) is 6.27. The van der Waals surface area contributed by atoms with E-state index in [4.69, 9.17) is 0 Å². The van der Waals surface area contributed by atoms with Gasteiger partial charge in [0, 0.05) is 41.6 Å². The molecule has 0 amide bonds. The van der Waals surface area contributed by atoms with Crippen LogP contribution in [-0.2, 0) is 10.8 Å². The number of fused-ring (bicyclic) bond motifs is 2. The Bertz CT molecular complexity index is 1750. The number of hydrogen-bond donors (Lipinski definition) is 0. The van der Waals surface area contributed by atoms with Crippen LogP contribution in [0.3, 0.4) is 0 Å². The fourth-order valence-corrected chi connectivity index (χ4v) is 7.40. The molecule has 0 bridgehead atoms. The molecule has 0 saturated carbocycles. The summed E-state index contributed by atoms with van der Waals surface area (Å²) < 4.78 is 32.8. The number of nitrogens with zero attached hydrogens (tertiary/aromatic N) is 2. The molecular weight excluding hydrogens is 550 g/mol. The van der Waals surface area contributed by atoms with Crippen molar-refractivity contribution in [2.24, 2.45) is 0 Å². The number of ether oxygens (including phenoxy) is 1. The number of likely N-dealkylation sites (N-methyl/N-ethyl adjacent to an activating group) is 1. The molecule has 3 aliphatic rings. The quantitative estimate of drug-likeness (QED) is 0.265. The molecule has 226 valence electrons. The summed E-state index contributed by atoms with van der Waals surface area (Å²) in [6.07, 6.45) is 12.0. The molecule has 1 aliphatic carbocycles. The Labute approximate surface area is 260 Å². The summed E-state index contributed by atoms with van der Waals surface area (Å²) in [5.41, 5.74) is 12.0. The number of para-hydroxylation sites is 2. The number of anilines is 1. The van der Waals surface area contributed by atoms with Gasteiger partial charge in [-0.15, -0.1) is 0 Å². The molecule has 44 heavy (non-hydrogen) atoms. The Balaban J connectivity index is 1.44. The van der Waals surface area contributed by atoms with E-state index in [0.717, 1.165) is 24.8 Å². The maximum Gasteiger partial charge on any atom is 0.387 e. The molecule has 3 aromatic rings. The molecule has 0 unspecified atom stereocenters. The highest BCUT2D eigenvalue weighted by Gasteiger charge is 2.42. The molecule has 0 fully saturated rings. The van der Waals surface area contributed by atoms with Gasteiger partial charge in [-0.05, 0) is 85.2 Å². The van der Waals surface area contributed by atoms with E-state index in [0.29, 0.717) is 0 Å². The SMILES string of the molecule is CN1/C(=C\C=C2/CCCC(/C=C/C3=[N+](C)c4ccccc4C3(C)C)=C2c2ccc(OC(F)F)cc2)C(C)(C)c2ccccc21. The summed E-state index contributed by atoms with van der Waals surface area (Å²) in [6, 6.07) is 24.3. The van der Waals surface area contributed by atoms with Gasteiger partial charge in [-0.2, -0.15) is 13.4 Å². The van der Waals surface area contributed by atoms with Gasteiger partial charge in [-0.1, -0.05) is 74.5 Å². The Morgan fingerprint density at radius 1 is 0.818 bits per heavy atom. The lowest BCUT2D eigenvalue weighted by atomic mass is 9.79. The summed E-state index contributed by atoms with van der Waals surface area (Å²) in [5, 5.41) is 0. The first-order chi connectivity index (χ1) is 21.0. The number of alkyl halides is 2. The van der Waals surface area contributed by atoms with Crippen molar-refractivity contribution in [3.05, 3.63) is 131 Å². The Morgan fingerprint density at radius 3 is 2.18 bits per heavy atom. The van der Waals surface area contributed by atoms with Gasteiger partial charge >= 0.3 is 6.61 Å². The normalized spacial score (nSPS) is 20.8. The predicted molar refractivity (Wildman–Crippen MR) is 177 cm³/mol.